The van der Waals surface area contributed by atoms with Gasteiger partial charge in [-0.1, -0.05) is 41.9 Å². The average Bonchev–Trinajstić information content (AvgIpc) is 2.60. The van der Waals surface area contributed by atoms with Crippen LogP contribution in [-0.4, -0.2) is 16.9 Å². The standard InChI is InChI=1S/C20H23ClN2O/c1-14(11-12-15-7-3-2-4-8-15)22-20(24)17-13-16-9-5-6-10-18(16)23-19(17)21/h2-4,7-8,13-14H,5-6,9-12H2,1H3,(H,22,24). The smallest absolute Gasteiger partial charge is 0.254 e. The highest BCUT2D eigenvalue weighted by Gasteiger charge is 2.19. The second-order valence-electron chi connectivity index (χ2n) is 6.54. The summed E-state index contributed by atoms with van der Waals surface area (Å²) >= 11 is 6.24. The Bertz CT molecular complexity index is 715. The Morgan fingerprint density at radius 3 is 2.79 bits per heavy atom. The van der Waals surface area contributed by atoms with Crippen molar-refractivity contribution in [2.24, 2.45) is 0 Å². The summed E-state index contributed by atoms with van der Waals surface area (Å²) in [7, 11) is 0. The van der Waals surface area contributed by atoms with Crippen molar-refractivity contribution in [1.29, 1.82) is 0 Å². The van der Waals surface area contributed by atoms with Crippen molar-refractivity contribution < 1.29 is 4.79 Å². The number of carbonyl (C=O) groups excluding carboxylic acids is 1. The van der Waals surface area contributed by atoms with Crippen LogP contribution in [0.5, 0.6) is 0 Å². The third-order valence-corrected chi connectivity index (χ3v) is 4.87. The highest BCUT2D eigenvalue weighted by Crippen LogP contribution is 2.24. The summed E-state index contributed by atoms with van der Waals surface area (Å²) in [5, 5.41) is 3.37. The number of benzene rings is 1. The summed E-state index contributed by atoms with van der Waals surface area (Å²) in [5.41, 5.74) is 4.02. The van der Waals surface area contributed by atoms with Crippen molar-refractivity contribution in [1.82, 2.24) is 10.3 Å². The third-order valence-electron chi connectivity index (χ3n) is 4.59. The van der Waals surface area contributed by atoms with Gasteiger partial charge in [0.25, 0.3) is 5.91 Å². The fourth-order valence-electron chi connectivity index (χ4n) is 3.17. The largest absolute Gasteiger partial charge is 0.349 e. The molecule has 3 rings (SSSR count). The molecule has 1 aliphatic rings. The molecule has 1 amide bonds. The number of amides is 1. The first-order chi connectivity index (χ1) is 11.6. The zero-order valence-electron chi connectivity index (χ0n) is 14.0. The van der Waals surface area contributed by atoms with Gasteiger partial charge in [0.05, 0.1) is 5.56 Å². The van der Waals surface area contributed by atoms with Crippen LogP contribution < -0.4 is 5.32 Å². The number of aryl methyl sites for hydroxylation is 3. The lowest BCUT2D eigenvalue weighted by Gasteiger charge is -2.18. The molecule has 3 nitrogen and oxygen atoms in total. The molecule has 1 aromatic carbocycles. The van der Waals surface area contributed by atoms with Crippen molar-refractivity contribution in [3.8, 4) is 0 Å². The van der Waals surface area contributed by atoms with E-state index in [-0.39, 0.29) is 11.9 Å². The second kappa shape index (κ2) is 7.80. The van der Waals surface area contributed by atoms with Gasteiger partial charge in [-0.25, -0.2) is 4.98 Å². The Labute approximate surface area is 148 Å². The monoisotopic (exact) mass is 342 g/mol. The normalized spacial score (nSPS) is 14.8. The third kappa shape index (κ3) is 4.15. The summed E-state index contributed by atoms with van der Waals surface area (Å²) < 4.78 is 0. The molecule has 0 radical (unpaired) electrons. The average molecular weight is 343 g/mol. The lowest BCUT2D eigenvalue weighted by atomic mass is 9.95. The summed E-state index contributed by atoms with van der Waals surface area (Å²) in [6, 6.07) is 12.3. The molecule has 0 saturated heterocycles. The maximum atomic E-state index is 12.5. The number of hydrogen-bond donors (Lipinski definition) is 1. The van der Waals surface area contributed by atoms with Crippen LogP contribution in [-0.2, 0) is 19.3 Å². The van der Waals surface area contributed by atoms with Crippen molar-refractivity contribution in [3.63, 3.8) is 0 Å². The van der Waals surface area contributed by atoms with Gasteiger partial charge < -0.3 is 5.32 Å². The Hall–Kier alpha value is -1.87. The van der Waals surface area contributed by atoms with Crippen molar-refractivity contribution in [3.05, 3.63) is 63.9 Å². The molecule has 0 aliphatic heterocycles. The molecule has 2 aromatic rings. The molecule has 0 fully saturated rings. The molecular formula is C20H23ClN2O. The molecule has 0 spiro atoms. The van der Waals surface area contributed by atoms with Crippen molar-refractivity contribution in [2.75, 3.05) is 0 Å². The quantitative estimate of drug-likeness (QED) is 0.820. The fraction of sp³-hybridized carbons (Fsp3) is 0.400. The predicted octanol–water partition coefficient (Wildman–Crippen LogP) is 4.36. The number of pyridine rings is 1. The SMILES string of the molecule is CC(CCc1ccccc1)NC(=O)c1cc2c(nc1Cl)CCCC2. The van der Waals surface area contributed by atoms with E-state index in [9.17, 15) is 4.79 Å². The Kier molecular flexibility index (Phi) is 5.52. The van der Waals surface area contributed by atoms with E-state index in [1.807, 2.05) is 31.2 Å². The number of halogens is 1. The van der Waals surface area contributed by atoms with Gasteiger partial charge in [-0.15, -0.1) is 0 Å². The molecule has 1 aliphatic carbocycles. The molecule has 24 heavy (non-hydrogen) atoms. The zero-order valence-corrected chi connectivity index (χ0v) is 14.8. The molecule has 1 aromatic heterocycles. The summed E-state index contributed by atoms with van der Waals surface area (Å²) in [5.74, 6) is -0.124. The summed E-state index contributed by atoms with van der Waals surface area (Å²) in [4.78, 5) is 17.0. The first-order valence-corrected chi connectivity index (χ1v) is 9.04. The van der Waals surface area contributed by atoms with Crippen LogP contribution in [0.15, 0.2) is 36.4 Å². The maximum absolute atomic E-state index is 12.5. The van der Waals surface area contributed by atoms with E-state index in [0.717, 1.165) is 44.2 Å². The minimum Gasteiger partial charge on any atom is -0.349 e. The number of nitrogens with one attached hydrogen (secondary N) is 1. The van der Waals surface area contributed by atoms with E-state index in [1.165, 1.54) is 11.1 Å². The van der Waals surface area contributed by atoms with Gasteiger partial charge in [-0.05, 0) is 62.6 Å². The predicted molar refractivity (Wildman–Crippen MR) is 97.6 cm³/mol. The second-order valence-corrected chi connectivity index (χ2v) is 6.90. The number of hydrogen-bond acceptors (Lipinski definition) is 2. The lowest BCUT2D eigenvalue weighted by Crippen LogP contribution is -2.33. The van der Waals surface area contributed by atoms with Crippen molar-refractivity contribution in [2.45, 2.75) is 51.5 Å². The minimum atomic E-state index is -0.124. The van der Waals surface area contributed by atoms with Gasteiger partial charge in [0, 0.05) is 11.7 Å². The summed E-state index contributed by atoms with van der Waals surface area (Å²) in [6.45, 7) is 2.03. The molecule has 1 heterocycles. The van der Waals surface area contributed by atoms with Crippen molar-refractivity contribution >= 4 is 17.5 Å². The van der Waals surface area contributed by atoms with E-state index in [4.69, 9.17) is 11.6 Å². The van der Waals surface area contributed by atoms with E-state index in [2.05, 4.69) is 22.4 Å². The van der Waals surface area contributed by atoms with Gasteiger partial charge in [0.2, 0.25) is 0 Å². The lowest BCUT2D eigenvalue weighted by molar-refractivity contribution is 0.0938. The van der Waals surface area contributed by atoms with E-state index in [0.29, 0.717) is 10.7 Å². The number of rotatable bonds is 5. The molecule has 1 unspecified atom stereocenters. The number of carbonyl (C=O) groups is 1. The highest BCUT2D eigenvalue weighted by molar-refractivity contribution is 6.32. The van der Waals surface area contributed by atoms with Gasteiger partial charge in [0.1, 0.15) is 5.15 Å². The van der Waals surface area contributed by atoms with E-state index >= 15 is 0 Å². The van der Waals surface area contributed by atoms with Crippen LogP contribution in [0, 0.1) is 0 Å². The Morgan fingerprint density at radius 2 is 2.00 bits per heavy atom. The Balaban J connectivity index is 1.62. The van der Waals surface area contributed by atoms with Gasteiger partial charge >= 0.3 is 0 Å². The highest BCUT2D eigenvalue weighted by atomic mass is 35.5. The first-order valence-electron chi connectivity index (χ1n) is 8.66. The van der Waals surface area contributed by atoms with Gasteiger partial charge in [-0.2, -0.15) is 0 Å². The van der Waals surface area contributed by atoms with Crippen LogP contribution in [0.1, 0.15) is 53.4 Å². The molecule has 4 heteroatoms. The molecule has 0 saturated carbocycles. The van der Waals surface area contributed by atoms with Gasteiger partial charge in [0.15, 0.2) is 0 Å². The number of fused-ring (bicyclic) bond motifs is 1. The van der Waals surface area contributed by atoms with Gasteiger partial charge in [-0.3, -0.25) is 4.79 Å². The van der Waals surface area contributed by atoms with Crippen LogP contribution in [0.4, 0.5) is 0 Å². The van der Waals surface area contributed by atoms with Crippen LogP contribution in [0.25, 0.3) is 0 Å². The molecule has 1 N–H and O–H groups in total. The van der Waals surface area contributed by atoms with E-state index < -0.39 is 0 Å². The first kappa shape index (κ1) is 17.0. The minimum absolute atomic E-state index is 0.0878. The Morgan fingerprint density at radius 1 is 1.25 bits per heavy atom. The molecule has 0 bridgehead atoms. The van der Waals surface area contributed by atoms with Crippen LogP contribution in [0.2, 0.25) is 5.15 Å². The molecule has 1 atom stereocenters. The molecule has 126 valence electrons. The van der Waals surface area contributed by atoms with Crippen LogP contribution >= 0.6 is 11.6 Å². The van der Waals surface area contributed by atoms with Crippen LogP contribution in [0.3, 0.4) is 0 Å². The molecular weight excluding hydrogens is 320 g/mol. The number of aromatic nitrogens is 1. The fourth-order valence-corrected chi connectivity index (χ4v) is 3.41. The van der Waals surface area contributed by atoms with E-state index in [1.54, 1.807) is 0 Å². The summed E-state index contributed by atoms with van der Waals surface area (Å²) in [6.07, 6.45) is 6.10. The topological polar surface area (TPSA) is 42.0 Å². The number of nitrogens with zero attached hydrogens (tertiary/aromatic N) is 1. The maximum Gasteiger partial charge on any atom is 0.254 e. The zero-order chi connectivity index (χ0) is 16.9.